The smallest absolute Gasteiger partial charge is 0.149 e. The molecule has 0 amide bonds. The highest BCUT2D eigenvalue weighted by atomic mass is 16.5. The van der Waals surface area contributed by atoms with Crippen LogP contribution in [0.25, 0.3) is 0 Å². The van der Waals surface area contributed by atoms with E-state index < -0.39 is 0 Å². The zero-order chi connectivity index (χ0) is 15.6. The average Bonchev–Trinajstić information content (AvgIpc) is 2.56. The second-order valence-corrected chi connectivity index (χ2v) is 5.26. The summed E-state index contributed by atoms with van der Waals surface area (Å²) >= 11 is 0. The fourth-order valence-corrected chi connectivity index (χ4v) is 2.42. The molecule has 0 N–H and O–H groups in total. The van der Waals surface area contributed by atoms with Crippen molar-refractivity contribution in [1.82, 2.24) is 9.80 Å². The standard InChI is InChI=1S/C18H26N2O2/c1-3-19-11-13-20(14-12-19)10-5-6-15-22-18-9-7-8-17(16-18)21-4-2/h7-9,16H,3-4,10-15H2,1-2H3. The van der Waals surface area contributed by atoms with Gasteiger partial charge in [0, 0.05) is 32.2 Å². The molecule has 1 aromatic carbocycles. The predicted molar refractivity (Wildman–Crippen MR) is 89.4 cm³/mol. The maximum Gasteiger partial charge on any atom is 0.149 e. The highest BCUT2D eigenvalue weighted by molar-refractivity contribution is 5.33. The van der Waals surface area contributed by atoms with Crippen LogP contribution < -0.4 is 9.47 Å². The summed E-state index contributed by atoms with van der Waals surface area (Å²) in [5, 5.41) is 0. The summed E-state index contributed by atoms with van der Waals surface area (Å²) in [6.45, 7) is 11.8. The van der Waals surface area contributed by atoms with Crippen LogP contribution in [0.2, 0.25) is 0 Å². The van der Waals surface area contributed by atoms with Crippen LogP contribution in [-0.4, -0.2) is 62.3 Å². The molecule has 1 saturated heterocycles. The van der Waals surface area contributed by atoms with E-state index in [0.717, 1.165) is 50.8 Å². The van der Waals surface area contributed by atoms with Crippen molar-refractivity contribution < 1.29 is 9.47 Å². The Labute approximate surface area is 134 Å². The summed E-state index contributed by atoms with van der Waals surface area (Å²) in [5.74, 6) is 7.93. The molecule has 1 aliphatic rings. The van der Waals surface area contributed by atoms with Crippen LogP contribution in [0.3, 0.4) is 0 Å². The Hall–Kier alpha value is -1.70. The lowest BCUT2D eigenvalue weighted by molar-refractivity contribution is 0.149. The molecule has 0 bridgehead atoms. The van der Waals surface area contributed by atoms with Gasteiger partial charge < -0.3 is 14.4 Å². The minimum atomic E-state index is 0.421. The first kappa shape index (κ1) is 16.7. The van der Waals surface area contributed by atoms with Crippen LogP contribution in [0.1, 0.15) is 13.8 Å². The minimum Gasteiger partial charge on any atom is -0.494 e. The molecule has 1 fully saturated rings. The third-order valence-electron chi connectivity index (χ3n) is 3.77. The summed E-state index contributed by atoms with van der Waals surface area (Å²) in [6, 6.07) is 7.68. The van der Waals surface area contributed by atoms with Crippen molar-refractivity contribution in [3.05, 3.63) is 24.3 Å². The molecule has 1 aliphatic heterocycles. The largest absolute Gasteiger partial charge is 0.494 e. The first-order valence-corrected chi connectivity index (χ1v) is 8.08. The Balaban J connectivity index is 1.68. The molecule has 0 unspecified atom stereocenters. The molecule has 0 atom stereocenters. The lowest BCUT2D eigenvalue weighted by Gasteiger charge is -2.32. The zero-order valence-corrected chi connectivity index (χ0v) is 13.7. The highest BCUT2D eigenvalue weighted by Crippen LogP contribution is 2.18. The summed E-state index contributed by atoms with van der Waals surface area (Å²) in [6.07, 6.45) is 0. The molecule has 22 heavy (non-hydrogen) atoms. The molecular formula is C18H26N2O2. The summed E-state index contributed by atoms with van der Waals surface area (Å²) < 4.78 is 11.1. The lowest BCUT2D eigenvalue weighted by Crippen LogP contribution is -2.46. The van der Waals surface area contributed by atoms with Crippen LogP contribution in [0.5, 0.6) is 11.5 Å². The third-order valence-corrected chi connectivity index (χ3v) is 3.77. The molecule has 4 heteroatoms. The number of ether oxygens (including phenoxy) is 2. The number of nitrogens with zero attached hydrogens (tertiary/aromatic N) is 2. The Morgan fingerprint density at radius 3 is 2.32 bits per heavy atom. The average molecular weight is 302 g/mol. The molecule has 2 rings (SSSR count). The van der Waals surface area contributed by atoms with Gasteiger partial charge in [-0.05, 0) is 25.6 Å². The molecule has 0 radical (unpaired) electrons. The fraction of sp³-hybridized carbons (Fsp3) is 0.556. The summed E-state index contributed by atoms with van der Waals surface area (Å²) in [4.78, 5) is 4.87. The third kappa shape index (κ3) is 5.59. The van der Waals surface area contributed by atoms with Gasteiger partial charge in [0.2, 0.25) is 0 Å². The molecule has 1 heterocycles. The highest BCUT2D eigenvalue weighted by Gasteiger charge is 2.13. The van der Waals surface area contributed by atoms with E-state index in [0.29, 0.717) is 13.2 Å². The van der Waals surface area contributed by atoms with Crippen LogP contribution in [0, 0.1) is 11.8 Å². The SMILES string of the molecule is CCOc1cccc(OCC#CCN2CCN(CC)CC2)c1. The van der Waals surface area contributed by atoms with Gasteiger partial charge in [-0.1, -0.05) is 24.8 Å². The van der Waals surface area contributed by atoms with E-state index in [9.17, 15) is 0 Å². The monoisotopic (exact) mass is 302 g/mol. The second-order valence-electron chi connectivity index (χ2n) is 5.26. The van der Waals surface area contributed by atoms with Gasteiger partial charge in [-0.3, -0.25) is 4.90 Å². The Bertz CT molecular complexity index is 499. The quantitative estimate of drug-likeness (QED) is 0.752. The number of hydrogen-bond donors (Lipinski definition) is 0. The van der Waals surface area contributed by atoms with Gasteiger partial charge in [0.15, 0.2) is 0 Å². The number of benzene rings is 1. The van der Waals surface area contributed by atoms with E-state index >= 15 is 0 Å². The number of piperazine rings is 1. The summed E-state index contributed by atoms with van der Waals surface area (Å²) in [7, 11) is 0. The van der Waals surface area contributed by atoms with E-state index in [2.05, 4.69) is 28.6 Å². The van der Waals surface area contributed by atoms with E-state index in [1.807, 2.05) is 31.2 Å². The van der Waals surface area contributed by atoms with Gasteiger partial charge in [-0.2, -0.15) is 0 Å². The Kier molecular flexibility index (Phi) is 7.08. The van der Waals surface area contributed by atoms with Crippen LogP contribution in [0.15, 0.2) is 24.3 Å². The topological polar surface area (TPSA) is 24.9 Å². The van der Waals surface area contributed by atoms with Crippen molar-refractivity contribution >= 4 is 0 Å². The molecule has 4 nitrogen and oxygen atoms in total. The van der Waals surface area contributed by atoms with Gasteiger partial charge in [0.25, 0.3) is 0 Å². The second kappa shape index (κ2) is 9.34. The van der Waals surface area contributed by atoms with Crippen LogP contribution in [-0.2, 0) is 0 Å². The van der Waals surface area contributed by atoms with E-state index in [1.165, 1.54) is 0 Å². The lowest BCUT2D eigenvalue weighted by atomic mass is 10.3. The molecule has 0 saturated carbocycles. The van der Waals surface area contributed by atoms with E-state index in [1.54, 1.807) is 0 Å². The first-order chi connectivity index (χ1) is 10.8. The van der Waals surface area contributed by atoms with Gasteiger partial charge in [0.05, 0.1) is 13.2 Å². The van der Waals surface area contributed by atoms with Crippen molar-refractivity contribution in [2.24, 2.45) is 0 Å². The van der Waals surface area contributed by atoms with Crippen molar-refractivity contribution in [3.63, 3.8) is 0 Å². The number of rotatable bonds is 6. The first-order valence-electron chi connectivity index (χ1n) is 8.08. The Morgan fingerprint density at radius 1 is 0.955 bits per heavy atom. The van der Waals surface area contributed by atoms with Gasteiger partial charge in [-0.15, -0.1) is 0 Å². The van der Waals surface area contributed by atoms with Gasteiger partial charge >= 0.3 is 0 Å². The molecule has 0 aromatic heterocycles. The number of likely N-dealkylation sites (N-methyl/N-ethyl adjacent to an activating group) is 1. The van der Waals surface area contributed by atoms with Crippen LogP contribution >= 0.6 is 0 Å². The molecule has 0 spiro atoms. The maximum absolute atomic E-state index is 5.64. The zero-order valence-electron chi connectivity index (χ0n) is 13.7. The van der Waals surface area contributed by atoms with Crippen molar-refractivity contribution in [2.75, 3.05) is 52.5 Å². The number of hydrogen-bond acceptors (Lipinski definition) is 4. The van der Waals surface area contributed by atoms with Crippen molar-refractivity contribution in [2.45, 2.75) is 13.8 Å². The van der Waals surface area contributed by atoms with Gasteiger partial charge in [-0.25, -0.2) is 0 Å². The van der Waals surface area contributed by atoms with Gasteiger partial charge in [0.1, 0.15) is 18.1 Å². The minimum absolute atomic E-state index is 0.421. The fourth-order valence-electron chi connectivity index (χ4n) is 2.42. The van der Waals surface area contributed by atoms with Crippen molar-refractivity contribution in [3.8, 4) is 23.3 Å². The summed E-state index contributed by atoms with van der Waals surface area (Å²) in [5.41, 5.74) is 0. The molecule has 1 aromatic rings. The van der Waals surface area contributed by atoms with E-state index in [-0.39, 0.29) is 0 Å². The van der Waals surface area contributed by atoms with Crippen LogP contribution in [0.4, 0.5) is 0 Å². The van der Waals surface area contributed by atoms with E-state index in [4.69, 9.17) is 9.47 Å². The Morgan fingerprint density at radius 2 is 1.64 bits per heavy atom. The maximum atomic E-state index is 5.64. The normalized spacial score (nSPS) is 15.9. The van der Waals surface area contributed by atoms with Crippen molar-refractivity contribution in [1.29, 1.82) is 0 Å². The molecule has 120 valence electrons. The molecule has 0 aliphatic carbocycles. The molecular weight excluding hydrogens is 276 g/mol. The predicted octanol–water partition coefficient (Wildman–Crippen LogP) is 2.10.